The molecule has 1 fully saturated rings. The van der Waals surface area contributed by atoms with Gasteiger partial charge in [-0.2, -0.15) is 0 Å². The molecule has 0 unspecified atom stereocenters. The minimum absolute atomic E-state index is 0.00442. The topological polar surface area (TPSA) is 42.0 Å². The van der Waals surface area contributed by atoms with Gasteiger partial charge in [0.1, 0.15) is 12.2 Å². The van der Waals surface area contributed by atoms with Gasteiger partial charge in [-0.05, 0) is 25.1 Å². The average Bonchev–Trinajstić information content (AvgIpc) is 2.79. The van der Waals surface area contributed by atoms with Crippen LogP contribution in [0.15, 0.2) is 0 Å². The molecule has 0 spiro atoms. The van der Waals surface area contributed by atoms with Crippen molar-refractivity contribution >= 4 is 8.32 Å². The molecule has 0 aromatic carbocycles. The number of hydrogen-bond donors (Lipinski definition) is 1. The summed E-state index contributed by atoms with van der Waals surface area (Å²) in [4.78, 5) is 0. The molecule has 90 valence electrons. The van der Waals surface area contributed by atoms with Crippen molar-refractivity contribution < 1.29 is 14.3 Å². The Bertz CT molecular complexity index is 222. The minimum atomic E-state index is -1.69. The molecular weight excluding hydrogens is 208 g/mol. The predicted octanol–water partition coefficient (Wildman–Crippen LogP) is 2.16. The summed E-state index contributed by atoms with van der Waals surface area (Å²) >= 11 is 0. The summed E-state index contributed by atoms with van der Waals surface area (Å²) < 4.78 is 11.5. The molecule has 0 aliphatic carbocycles. The lowest BCUT2D eigenvalue weighted by atomic mass is 10.2. The van der Waals surface area contributed by atoms with Gasteiger partial charge in [0.05, 0.1) is 12.7 Å². The van der Waals surface area contributed by atoms with Gasteiger partial charge in [-0.15, -0.1) is 0 Å². The molecule has 1 aliphatic rings. The molecule has 1 heterocycles. The maximum atomic E-state index is 8.91. The maximum Gasteiger partial charge on any atom is 0.192 e. The van der Waals surface area contributed by atoms with E-state index in [1.165, 1.54) is 0 Å². The van der Waals surface area contributed by atoms with Gasteiger partial charge in [0, 0.05) is 0 Å². The quantitative estimate of drug-likeness (QED) is 0.596. The number of ether oxygens (including phenoxy) is 1. The fourth-order valence-electron chi connectivity index (χ4n) is 1.42. The highest BCUT2D eigenvalue weighted by Gasteiger charge is 2.47. The first-order valence-corrected chi connectivity index (χ1v) is 8.54. The zero-order valence-electron chi connectivity index (χ0n) is 10.7. The van der Waals surface area contributed by atoms with Gasteiger partial charge in [0.15, 0.2) is 8.32 Å². The third kappa shape index (κ3) is 3.03. The van der Waals surface area contributed by atoms with E-state index in [0.29, 0.717) is 0 Å². The number of aliphatic hydroxyl groups is 1. The van der Waals surface area contributed by atoms with Crippen molar-refractivity contribution in [2.45, 2.75) is 64.1 Å². The van der Waals surface area contributed by atoms with Crippen molar-refractivity contribution in [2.75, 3.05) is 6.61 Å². The summed E-state index contributed by atoms with van der Waals surface area (Å²) in [7, 11) is -1.69. The van der Waals surface area contributed by atoms with Crippen LogP contribution in [0.25, 0.3) is 0 Å². The van der Waals surface area contributed by atoms with Crippen LogP contribution in [-0.2, 0) is 9.16 Å². The van der Waals surface area contributed by atoms with Crippen molar-refractivity contribution in [3.63, 3.8) is 0 Å². The lowest BCUT2D eigenvalue weighted by Crippen LogP contribution is -2.44. The molecular formula is C11H24O3Si. The summed E-state index contributed by atoms with van der Waals surface area (Å²) in [5, 5.41) is 9.14. The third-order valence-electron chi connectivity index (χ3n) is 3.55. The first-order valence-electron chi connectivity index (χ1n) is 5.63. The van der Waals surface area contributed by atoms with Crippen LogP contribution in [0.5, 0.6) is 0 Å². The Morgan fingerprint density at radius 1 is 1.40 bits per heavy atom. The van der Waals surface area contributed by atoms with Crippen molar-refractivity contribution in [3.8, 4) is 0 Å². The Labute approximate surface area is 93.9 Å². The zero-order valence-corrected chi connectivity index (χ0v) is 11.7. The van der Waals surface area contributed by atoms with Gasteiger partial charge in [0.2, 0.25) is 0 Å². The first kappa shape index (κ1) is 13.2. The number of rotatable bonds is 4. The second-order valence-electron chi connectivity index (χ2n) is 5.91. The molecule has 4 heteroatoms. The van der Waals surface area contributed by atoms with Gasteiger partial charge >= 0.3 is 0 Å². The van der Waals surface area contributed by atoms with E-state index in [-0.39, 0.29) is 30.0 Å². The standard InChI is InChI=1S/C11H24O3Si/c1-8(10-9(7-12)13-10)14-15(5,6)11(2,3)4/h8-10,12H,7H2,1-6H3/t8-,9-,10-/m0/s1. The molecule has 15 heavy (non-hydrogen) atoms. The van der Waals surface area contributed by atoms with E-state index in [1.807, 2.05) is 6.92 Å². The highest BCUT2D eigenvalue weighted by molar-refractivity contribution is 6.74. The van der Waals surface area contributed by atoms with Crippen LogP contribution in [0.1, 0.15) is 27.7 Å². The molecule has 1 rings (SSSR count). The molecule has 1 aliphatic heterocycles. The smallest absolute Gasteiger partial charge is 0.192 e. The van der Waals surface area contributed by atoms with Crippen LogP contribution in [0, 0.1) is 0 Å². The fourth-order valence-corrected chi connectivity index (χ4v) is 2.84. The minimum Gasteiger partial charge on any atom is -0.411 e. The Balaban J connectivity index is 2.48. The summed E-state index contributed by atoms with van der Waals surface area (Å²) in [6.07, 6.45) is 0.205. The van der Waals surface area contributed by atoms with Gasteiger partial charge in [-0.3, -0.25) is 0 Å². The third-order valence-corrected chi connectivity index (χ3v) is 8.12. The molecule has 0 bridgehead atoms. The van der Waals surface area contributed by atoms with E-state index in [4.69, 9.17) is 14.3 Å². The van der Waals surface area contributed by atoms with E-state index in [2.05, 4.69) is 33.9 Å². The maximum absolute atomic E-state index is 8.91. The Morgan fingerprint density at radius 2 is 1.93 bits per heavy atom. The Morgan fingerprint density at radius 3 is 2.27 bits per heavy atom. The normalized spacial score (nSPS) is 29.0. The summed E-state index contributed by atoms with van der Waals surface area (Å²) in [5.41, 5.74) is 0. The van der Waals surface area contributed by atoms with Crippen molar-refractivity contribution in [1.82, 2.24) is 0 Å². The summed E-state index contributed by atoms with van der Waals surface area (Å²) in [5.74, 6) is 0. The number of hydrogen-bond acceptors (Lipinski definition) is 3. The first-order chi connectivity index (χ1) is 6.69. The van der Waals surface area contributed by atoms with Gasteiger partial charge < -0.3 is 14.3 Å². The SMILES string of the molecule is C[C@H](O[Si](C)(C)C(C)(C)C)[C@@H]1O[C@H]1CO. The Hall–Kier alpha value is 0.0969. The van der Waals surface area contributed by atoms with E-state index in [0.717, 1.165) is 0 Å². The van der Waals surface area contributed by atoms with E-state index < -0.39 is 8.32 Å². The molecule has 0 aromatic heterocycles. The van der Waals surface area contributed by atoms with Crippen molar-refractivity contribution in [3.05, 3.63) is 0 Å². The van der Waals surface area contributed by atoms with E-state index in [9.17, 15) is 0 Å². The Kier molecular flexibility index (Phi) is 3.65. The largest absolute Gasteiger partial charge is 0.411 e. The molecule has 0 saturated carbocycles. The molecule has 0 radical (unpaired) electrons. The molecule has 0 aromatic rings. The number of aliphatic hydroxyl groups excluding tert-OH is 1. The van der Waals surface area contributed by atoms with Crippen molar-refractivity contribution in [1.29, 1.82) is 0 Å². The molecule has 3 atom stereocenters. The monoisotopic (exact) mass is 232 g/mol. The second kappa shape index (κ2) is 4.16. The fraction of sp³-hybridized carbons (Fsp3) is 1.00. The van der Waals surface area contributed by atoms with E-state index in [1.54, 1.807) is 0 Å². The molecule has 3 nitrogen and oxygen atoms in total. The number of epoxide rings is 1. The van der Waals surface area contributed by atoms with E-state index >= 15 is 0 Å². The molecule has 0 amide bonds. The van der Waals surface area contributed by atoms with Gasteiger partial charge in [0.25, 0.3) is 0 Å². The van der Waals surface area contributed by atoms with Crippen LogP contribution >= 0.6 is 0 Å². The van der Waals surface area contributed by atoms with Crippen LogP contribution in [0.3, 0.4) is 0 Å². The average molecular weight is 232 g/mol. The lowest BCUT2D eigenvalue weighted by Gasteiger charge is -2.38. The van der Waals surface area contributed by atoms with Gasteiger partial charge in [-0.1, -0.05) is 20.8 Å². The van der Waals surface area contributed by atoms with Crippen LogP contribution in [0.4, 0.5) is 0 Å². The molecule has 1 saturated heterocycles. The highest BCUT2D eigenvalue weighted by Crippen LogP contribution is 2.39. The predicted molar refractivity (Wildman–Crippen MR) is 63.5 cm³/mol. The van der Waals surface area contributed by atoms with Crippen LogP contribution in [-0.4, -0.2) is 38.3 Å². The summed E-state index contributed by atoms with van der Waals surface area (Å²) in [6.45, 7) is 13.3. The van der Waals surface area contributed by atoms with Crippen LogP contribution in [0.2, 0.25) is 18.1 Å². The highest BCUT2D eigenvalue weighted by atomic mass is 28.4. The van der Waals surface area contributed by atoms with Crippen molar-refractivity contribution in [2.24, 2.45) is 0 Å². The summed E-state index contributed by atoms with van der Waals surface area (Å²) in [6, 6.07) is 0. The van der Waals surface area contributed by atoms with Crippen LogP contribution < -0.4 is 0 Å². The van der Waals surface area contributed by atoms with Gasteiger partial charge in [-0.25, -0.2) is 0 Å². The lowest BCUT2D eigenvalue weighted by molar-refractivity contribution is 0.158. The zero-order chi connectivity index (χ0) is 11.9. The molecule has 1 N–H and O–H groups in total. The second-order valence-corrected chi connectivity index (χ2v) is 10.7.